The third kappa shape index (κ3) is 2.72. The van der Waals surface area contributed by atoms with Crippen molar-refractivity contribution in [3.8, 4) is 0 Å². The van der Waals surface area contributed by atoms with E-state index in [0.717, 1.165) is 26.2 Å². The van der Waals surface area contributed by atoms with Crippen molar-refractivity contribution in [2.45, 2.75) is 12.5 Å². The molecule has 92 valence electrons. The van der Waals surface area contributed by atoms with Crippen molar-refractivity contribution < 1.29 is 14.3 Å². The van der Waals surface area contributed by atoms with Crippen LogP contribution in [-0.2, 0) is 14.3 Å². The lowest BCUT2D eigenvalue weighted by Gasteiger charge is -2.32. The Morgan fingerprint density at radius 2 is 2.38 bits per heavy atom. The van der Waals surface area contributed by atoms with Crippen molar-refractivity contribution in [2.75, 3.05) is 46.6 Å². The van der Waals surface area contributed by atoms with Crippen LogP contribution in [0.15, 0.2) is 0 Å². The monoisotopic (exact) mass is 228 g/mol. The minimum Gasteiger partial charge on any atom is -0.381 e. The quantitative estimate of drug-likeness (QED) is 0.703. The zero-order chi connectivity index (χ0) is 11.4. The molecular weight excluding hydrogens is 208 g/mol. The molecule has 1 amide bonds. The lowest BCUT2D eigenvalue weighted by atomic mass is 9.98. The van der Waals surface area contributed by atoms with Crippen molar-refractivity contribution in [1.82, 2.24) is 10.2 Å². The Morgan fingerprint density at radius 1 is 1.50 bits per heavy atom. The Labute approximate surface area is 96.1 Å². The van der Waals surface area contributed by atoms with Crippen LogP contribution in [0.2, 0.25) is 0 Å². The topological polar surface area (TPSA) is 50.8 Å². The molecule has 2 aliphatic rings. The van der Waals surface area contributed by atoms with Gasteiger partial charge in [0.15, 0.2) is 0 Å². The van der Waals surface area contributed by atoms with Gasteiger partial charge in [-0.3, -0.25) is 4.79 Å². The summed E-state index contributed by atoms with van der Waals surface area (Å²) in [5.74, 6) is 0.631. The first-order chi connectivity index (χ1) is 7.81. The highest BCUT2D eigenvalue weighted by Crippen LogP contribution is 2.17. The zero-order valence-electron chi connectivity index (χ0n) is 9.78. The molecule has 2 fully saturated rings. The van der Waals surface area contributed by atoms with E-state index in [1.54, 1.807) is 0 Å². The van der Waals surface area contributed by atoms with Crippen LogP contribution in [0.5, 0.6) is 0 Å². The van der Waals surface area contributed by atoms with Crippen molar-refractivity contribution in [1.29, 1.82) is 0 Å². The first-order valence-corrected chi connectivity index (χ1v) is 5.92. The maximum Gasteiger partial charge on any atom is 0.248 e. The summed E-state index contributed by atoms with van der Waals surface area (Å²) in [5.41, 5.74) is 0. The lowest BCUT2D eigenvalue weighted by Crippen LogP contribution is -2.50. The van der Waals surface area contributed by atoms with Crippen molar-refractivity contribution in [3.05, 3.63) is 0 Å². The second-order valence-electron chi connectivity index (χ2n) is 4.41. The molecule has 0 aromatic rings. The third-order valence-electron chi connectivity index (χ3n) is 3.41. The standard InChI is InChI=1S/C11H20N2O3/c1-12-10(9-2-4-15-7-9)6-13-3-5-16-8-11(13)14/h9-10,12H,2-8H2,1H3. The fraction of sp³-hybridized carbons (Fsp3) is 0.909. The van der Waals surface area contributed by atoms with Crippen LogP contribution in [0.1, 0.15) is 6.42 Å². The number of ether oxygens (including phenoxy) is 2. The van der Waals surface area contributed by atoms with Gasteiger partial charge in [0.25, 0.3) is 0 Å². The Balaban J connectivity index is 1.87. The first-order valence-electron chi connectivity index (χ1n) is 5.92. The normalized spacial score (nSPS) is 28.4. The Hall–Kier alpha value is -0.650. The summed E-state index contributed by atoms with van der Waals surface area (Å²) in [4.78, 5) is 13.5. The Morgan fingerprint density at radius 3 is 3.00 bits per heavy atom. The molecule has 5 heteroatoms. The van der Waals surface area contributed by atoms with E-state index in [9.17, 15) is 4.79 Å². The van der Waals surface area contributed by atoms with Crippen molar-refractivity contribution in [2.24, 2.45) is 5.92 Å². The average molecular weight is 228 g/mol. The number of hydrogen-bond donors (Lipinski definition) is 1. The van der Waals surface area contributed by atoms with Gasteiger partial charge in [0.05, 0.1) is 13.2 Å². The molecule has 2 aliphatic heterocycles. The third-order valence-corrected chi connectivity index (χ3v) is 3.41. The smallest absolute Gasteiger partial charge is 0.248 e. The predicted molar refractivity (Wildman–Crippen MR) is 59.2 cm³/mol. The molecule has 2 atom stereocenters. The summed E-state index contributed by atoms with van der Waals surface area (Å²) < 4.78 is 10.5. The van der Waals surface area contributed by atoms with E-state index < -0.39 is 0 Å². The van der Waals surface area contributed by atoms with E-state index in [2.05, 4.69) is 5.32 Å². The zero-order valence-corrected chi connectivity index (χ0v) is 9.78. The van der Waals surface area contributed by atoms with Crippen molar-refractivity contribution >= 4 is 5.91 Å². The summed E-state index contributed by atoms with van der Waals surface area (Å²) in [6.45, 7) is 4.03. The maximum absolute atomic E-state index is 11.6. The highest BCUT2D eigenvalue weighted by Gasteiger charge is 2.28. The number of carbonyl (C=O) groups is 1. The molecule has 2 unspecified atom stereocenters. The van der Waals surface area contributed by atoms with Crippen LogP contribution in [-0.4, -0.2) is 63.4 Å². The molecule has 0 aromatic heterocycles. The molecule has 2 heterocycles. The largest absolute Gasteiger partial charge is 0.381 e. The van der Waals surface area contributed by atoms with Crippen LogP contribution in [0.3, 0.4) is 0 Å². The number of rotatable bonds is 4. The first kappa shape index (κ1) is 11.8. The highest BCUT2D eigenvalue weighted by atomic mass is 16.5. The van der Waals surface area contributed by atoms with Crippen LogP contribution in [0.4, 0.5) is 0 Å². The molecule has 0 spiro atoms. The summed E-state index contributed by atoms with van der Waals surface area (Å²) in [6.07, 6.45) is 1.09. The lowest BCUT2D eigenvalue weighted by molar-refractivity contribution is -0.143. The van der Waals surface area contributed by atoms with Gasteiger partial charge in [-0.2, -0.15) is 0 Å². The van der Waals surface area contributed by atoms with E-state index in [4.69, 9.17) is 9.47 Å². The number of likely N-dealkylation sites (N-methyl/N-ethyl adjacent to an activating group) is 1. The number of carbonyl (C=O) groups excluding carboxylic acids is 1. The fourth-order valence-electron chi connectivity index (χ4n) is 2.33. The maximum atomic E-state index is 11.6. The fourth-order valence-corrected chi connectivity index (χ4v) is 2.33. The molecule has 0 aliphatic carbocycles. The highest BCUT2D eigenvalue weighted by molar-refractivity contribution is 5.78. The van der Waals surface area contributed by atoms with Crippen LogP contribution < -0.4 is 5.32 Å². The molecule has 16 heavy (non-hydrogen) atoms. The molecule has 0 radical (unpaired) electrons. The van der Waals surface area contributed by atoms with Gasteiger partial charge in [-0.1, -0.05) is 0 Å². The number of morpholine rings is 1. The summed E-state index contributed by atoms with van der Waals surface area (Å²) >= 11 is 0. The minimum absolute atomic E-state index is 0.102. The molecule has 5 nitrogen and oxygen atoms in total. The van der Waals surface area contributed by atoms with Gasteiger partial charge in [0.2, 0.25) is 5.91 Å². The van der Waals surface area contributed by atoms with Crippen molar-refractivity contribution in [3.63, 3.8) is 0 Å². The van der Waals surface area contributed by atoms with Gasteiger partial charge >= 0.3 is 0 Å². The van der Waals surface area contributed by atoms with E-state index in [-0.39, 0.29) is 12.5 Å². The Kier molecular flexibility index (Phi) is 4.15. The van der Waals surface area contributed by atoms with Gasteiger partial charge < -0.3 is 19.7 Å². The van der Waals surface area contributed by atoms with Gasteiger partial charge in [-0.15, -0.1) is 0 Å². The Bertz CT molecular complexity index is 241. The van der Waals surface area contributed by atoms with Crippen LogP contribution in [0.25, 0.3) is 0 Å². The van der Waals surface area contributed by atoms with E-state index in [1.807, 2.05) is 11.9 Å². The van der Waals surface area contributed by atoms with E-state index >= 15 is 0 Å². The van der Waals surface area contributed by atoms with Gasteiger partial charge in [0.1, 0.15) is 6.61 Å². The summed E-state index contributed by atoms with van der Waals surface area (Å²) in [7, 11) is 1.95. The van der Waals surface area contributed by atoms with Gasteiger partial charge in [0, 0.05) is 31.7 Å². The molecule has 0 bridgehead atoms. The number of nitrogens with one attached hydrogen (secondary N) is 1. The summed E-state index contributed by atoms with van der Waals surface area (Å²) in [5, 5.41) is 3.30. The van der Waals surface area contributed by atoms with Crippen LogP contribution >= 0.6 is 0 Å². The number of hydrogen-bond acceptors (Lipinski definition) is 4. The van der Waals surface area contributed by atoms with Crippen LogP contribution in [0, 0.1) is 5.92 Å². The number of nitrogens with zero attached hydrogens (tertiary/aromatic N) is 1. The molecule has 1 N–H and O–H groups in total. The SMILES string of the molecule is CNC(CN1CCOCC1=O)C1CCOC1. The molecule has 2 rings (SSSR count). The number of amides is 1. The molecule has 0 saturated carbocycles. The van der Waals surface area contributed by atoms with Gasteiger partial charge in [-0.25, -0.2) is 0 Å². The minimum atomic E-state index is 0.102. The van der Waals surface area contributed by atoms with E-state index in [1.165, 1.54) is 0 Å². The van der Waals surface area contributed by atoms with E-state index in [0.29, 0.717) is 25.1 Å². The predicted octanol–water partition coefficient (Wildman–Crippen LogP) is -0.530. The molecule has 2 saturated heterocycles. The molecule has 0 aromatic carbocycles. The average Bonchev–Trinajstić information content (AvgIpc) is 2.81. The summed E-state index contributed by atoms with van der Waals surface area (Å²) in [6, 6.07) is 0.338. The molecular formula is C11H20N2O3. The second-order valence-corrected chi connectivity index (χ2v) is 4.41. The second kappa shape index (κ2) is 5.61. The van der Waals surface area contributed by atoms with Gasteiger partial charge in [-0.05, 0) is 13.5 Å².